The third-order valence-electron chi connectivity index (χ3n) is 4.03. The van der Waals surface area contributed by atoms with Gasteiger partial charge < -0.3 is 14.8 Å². The van der Waals surface area contributed by atoms with Crippen molar-refractivity contribution < 1.29 is 14.3 Å². The number of hydrogen-bond donors (Lipinski definition) is 1. The minimum absolute atomic E-state index is 0.201. The summed E-state index contributed by atoms with van der Waals surface area (Å²) in [5.41, 5.74) is 2.59. The lowest BCUT2D eigenvalue weighted by Crippen LogP contribution is -2.07. The molecule has 0 radical (unpaired) electrons. The zero-order valence-electron chi connectivity index (χ0n) is 15.7. The molecule has 0 fully saturated rings. The zero-order chi connectivity index (χ0) is 20.6. The highest BCUT2D eigenvalue weighted by Gasteiger charge is 2.06. The van der Waals surface area contributed by atoms with Crippen molar-refractivity contribution in [3.63, 3.8) is 0 Å². The summed E-state index contributed by atoms with van der Waals surface area (Å²) in [6, 6.07) is 20.6. The Kier molecular flexibility index (Phi) is 7.55. The number of benzene rings is 3. The Morgan fingerprint density at radius 1 is 1.03 bits per heavy atom. The molecule has 3 rings (SSSR count). The van der Waals surface area contributed by atoms with Gasteiger partial charge in [-0.2, -0.15) is 0 Å². The molecule has 0 aromatic heterocycles. The summed E-state index contributed by atoms with van der Waals surface area (Å²) in [4.78, 5) is 12.1. The Hall–Kier alpha value is -2.51. The monoisotopic (exact) mass is 519 g/mol. The molecule has 0 heterocycles. The van der Waals surface area contributed by atoms with Gasteiger partial charge in [-0.3, -0.25) is 4.79 Å². The van der Waals surface area contributed by atoms with Gasteiger partial charge in [0, 0.05) is 20.4 Å². The number of carbonyl (C=O) groups excluding carboxylic acids is 1. The van der Waals surface area contributed by atoms with Gasteiger partial charge in [-0.1, -0.05) is 29.8 Å². The van der Waals surface area contributed by atoms with E-state index in [9.17, 15) is 4.79 Å². The maximum Gasteiger partial charge on any atom is 0.248 e. The van der Waals surface area contributed by atoms with Crippen molar-refractivity contribution in [1.82, 2.24) is 0 Å². The molecule has 0 unspecified atom stereocenters. The molecule has 0 saturated heterocycles. The number of amides is 1. The molecule has 6 heteroatoms. The first-order valence-corrected chi connectivity index (χ1v) is 10.3. The normalized spacial score (nSPS) is 10.7. The van der Waals surface area contributed by atoms with Crippen LogP contribution in [0.3, 0.4) is 0 Å². The van der Waals surface area contributed by atoms with Crippen LogP contribution in [0.15, 0.2) is 72.8 Å². The van der Waals surface area contributed by atoms with Crippen molar-refractivity contribution in [2.75, 3.05) is 12.4 Å². The number of rotatable bonds is 7. The van der Waals surface area contributed by atoms with Gasteiger partial charge in [0.2, 0.25) is 5.91 Å². The van der Waals surface area contributed by atoms with E-state index in [2.05, 4.69) is 27.9 Å². The highest BCUT2D eigenvalue weighted by Crippen LogP contribution is 2.29. The highest BCUT2D eigenvalue weighted by molar-refractivity contribution is 14.1. The van der Waals surface area contributed by atoms with Crippen molar-refractivity contribution in [3.05, 3.63) is 92.5 Å². The Morgan fingerprint density at radius 2 is 1.76 bits per heavy atom. The average molecular weight is 520 g/mol. The minimum atomic E-state index is -0.201. The molecule has 0 atom stereocenters. The minimum Gasteiger partial charge on any atom is -0.493 e. The van der Waals surface area contributed by atoms with E-state index in [4.69, 9.17) is 21.1 Å². The molecule has 0 aliphatic rings. The first-order valence-electron chi connectivity index (χ1n) is 8.83. The molecule has 0 bridgehead atoms. The summed E-state index contributed by atoms with van der Waals surface area (Å²) in [6.07, 6.45) is 3.22. The van der Waals surface area contributed by atoms with Crippen molar-refractivity contribution in [2.24, 2.45) is 0 Å². The van der Waals surface area contributed by atoms with Crippen LogP contribution in [-0.2, 0) is 11.4 Å². The van der Waals surface area contributed by atoms with Crippen LogP contribution in [0.25, 0.3) is 6.08 Å². The summed E-state index contributed by atoms with van der Waals surface area (Å²) in [5.74, 6) is 1.02. The van der Waals surface area contributed by atoms with E-state index < -0.39 is 0 Å². The summed E-state index contributed by atoms with van der Waals surface area (Å²) in [5, 5.41) is 3.52. The largest absolute Gasteiger partial charge is 0.493 e. The summed E-state index contributed by atoms with van der Waals surface area (Å²) in [6.45, 7) is 0.404. The van der Waals surface area contributed by atoms with Crippen LogP contribution in [0.4, 0.5) is 5.69 Å². The molecule has 3 aromatic carbocycles. The van der Waals surface area contributed by atoms with E-state index in [1.54, 1.807) is 13.2 Å². The van der Waals surface area contributed by atoms with Crippen LogP contribution in [0, 0.1) is 3.57 Å². The molecule has 3 aromatic rings. The van der Waals surface area contributed by atoms with E-state index >= 15 is 0 Å². The van der Waals surface area contributed by atoms with E-state index in [-0.39, 0.29) is 5.91 Å². The second-order valence-corrected chi connectivity index (χ2v) is 7.84. The van der Waals surface area contributed by atoms with Gasteiger partial charge in [-0.05, 0) is 88.3 Å². The number of halogens is 2. The fourth-order valence-corrected chi connectivity index (χ4v) is 3.02. The molecule has 1 amide bonds. The molecule has 0 aliphatic heterocycles. The second-order valence-electron chi connectivity index (χ2n) is 6.15. The summed E-state index contributed by atoms with van der Waals surface area (Å²) >= 11 is 8.12. The molecule has 0 saturated carbocycles. The Bertz CT molecular complexity index is 1000. The van der Waals surface area contributed by atoms with Crippen LogP contribution in [0.5, 0.6) is 11.5 Å². The Balaban J connectivity index is 1.62. The molecule has 4 nitrogen and oxygen atoms in total. The predicted octanol–water partition coefficient (Wildman–Crippen LogP) is 6.18. The van der Waals surface area contributed by atoms with E-state index in [0.717, 1.165) is 20.4 Å². The third-order valence-corrected chi connectivity index (χ3v) is 5.01. The molecule has 0 spiro atoms. The standard InChI is InChI=1S/C23H19ClINO3/c1-28-22-14-16(5-13-23(27)26-20-10-8-19(25)9-11-20)4-12-21(22)29-15-17-2-6-18(24)7-3-17/h2-14H,15H2,1H3,(H,26,27). The molecular formula is C23H19ClINO3. The summed E-state index contributed by atoms with van der Waals surface area (Å²) < 4.78 is 12.4. The number of anilines is 1. The lowest BCUT2D eigenvalue weighted by Gasteiger charge is -2.11. The SMILES string of the molecule is COc1cc(C=CC(=O)Nc2ccc(I)cc2)ccc1OCc1ccc(Cl)cc1. The zero-order valence-corrected chi connectivity index (χ0v) is 18.6. The maximum absolute atomic E-state index is 12.1. The fraction of sp³-hybridized carbons (Fsp3) is 0.0870. The van der Waals surface area contributed by atoms with Crippen molar-refractivity contribution in [2.45, 2.75) is 6.61 Å². The molecule has 29 heavy (non-hydrogen) atoms. The van der Waals surface area contributed by atoms with Gasteiger partial charge in [0.1, 0.15) is 6.61 Å². The third kappa shape index (κ3) is 6.51. The van der Waals surface area contributed by atoms with Crippen molar-refractivity contribution in [1.29, 1.82) is 0 Å². The Labute approximate surface area is 188 Å². The molecular weight excluding hydrogens is 501 g/mol. The van der Waals surface area contributed by atoms with Crippen LogP contribution in [0.1, 0.15) is 11.1 Å². The second kappa shape index (κ2) is 10.3. The van der Waals surface area contributed by atoms with Crippen molar-refractivity contribution in [3.8, 4) is 11.5 Å². The number of carbonyl (C=O) groups is 1. The van der Waals surface area contributed by atoms with Crippen molar-refractivity contribution >= 4 is 51.9 Å². The van der Waals surface area contributed by atoms with E-state index in [0.29, 0.717) is 23.1 Å². The maximum atomic E-state index is 12.1. The first-order chi connectivity index (χ1) is 14.0. The van der Waals surface area contributed by atoms with E-state index in [1.807, 2.05) is 66.7 Å². The molecule has 1 N–H and O–H groups in total. The summed E-state index contributed by atoms with van der Waals surface area (Å²) in [7, 11) is 1.58. The smallest absolute Gasteiger partial charge is 0.248 e. The lowest BCUT2D eigenvalue weighted by molar-refractivity contribution is -0.111. The van der Waals surface area contributed by atoms with Gasteiger partial charge >= 0.3 is 0 Å². The van der Waals surface area contributed by atoms with Crippen LogP contribution >= 0.6 is 34.2 Å². The first kappa shape index (κ1) is 21.2. The molecule has 0 aliphatic carbocycles. The predicted molar refractivity (Wildman–Crippen MR) is 126 cm³/mol. The topological polar surface area (TPSA) is 47.6 Å². The van der Waals surface area contributed by atoms with Crippen LogP contribution < -0.4 is 14.8 Å². The molecule has 148 valence electrons. The number of hydrogen-bond acceptors (Lipinski definition) is 3. The number of methoxy groups -OCH3 is 1. The van der Waals surface area contributed by atoms with E-state index in [1.165, 1.54) is 6.08 Å². The number of ether oxygens (including phenoxy) is 2. The van der Waals surface area contributed by atoms with Crippen LogP contribution in [0.2, 0.25) is 5.02 Å². The van der Waals surface area contributed by atoms with Gasteiger partial charge in [0.25, 0.3) is 0 Å². The van der Waals surface area contributed by atoms with Gasteiger partial charge in [-0.25, -0.2) is 0 Å². The lowest BCUT2D eigenvalue weighted by atomic mass is 10.2. The number of nitrogens with one attached hydrogen (secondary N) is 1. The van der Waals surface area contributed by atoms with Gasteiger partial charge in [0.05, 0.1) is 7.11 Å². The van der Waals surface area contributed by atoms with Gasteiger partial charge in [0.15, 0.2) is 11.5 Å². The average Bonchev–Trinajstić information content (AvgIpc) is 2.74. The Morgan fingerprint density at radius 3 is 2.45 bits per heavy atom. The van der Waals surface area contributed by atoms with Gasteiger partial charge in [-0.15, -0.1) is 0 Å². The quantitative estimate of drug-likeness (QED) is 0.299. The highest BCUT2D eigenvalue weighted by atomic mass is 127. The van der Waals surface area contributed by atoms with Crippen LogP contribution in [-0.4, -0.2) is 13.0 Å². The fourth-order valence-electron chi connectivity index (χ4n) is 2.54.